The Morgan fingerprint density at radius 2 is 1.71 bits per heavy atom. The second kappa shape index (κ2) is 8.85. The number of rotatable bonds is 6. The maximum absolute atomic E-state index is 13.8. The van der Waals surface area contributed by atoms with Crippen LogP contribution in [0.1, 0.15) is 45.1 Å². The number of carbonyl (C=O) groups excluding carboxylic acids is 1. The minimum atomic E-state index is -0.936. The van der Waals surface area contributed by atoms with Crippen LogP contribution in [-0.2, 0) is 19.3 Å². The summed E-state index contributed by atoms with van der Waals surface area (Å²) in [6, 6.07) is 13.8. The Morgan fingerprint density at radius 1 is 0.941 bits per heavy atom. The van der Waals surface area contributed by atoms with E-state index in [1.54, 1.807) is 4.68 Å². The molecule has 1 aliphatic rings. The van der Waals surface area contributed by atoms with Crippen LogP contribution < -0.4 is 5.32 Å². The summed E-state index contributed by atoms with van der Waals surface area (Å²) in [6.45, 7) is 4.45. The zero-order chi connectivity index (χ0) is 23.8. The molecule has 0 atom stereocenters. The van der Waals surface area contributed by atoms with Crippen molar-refractivity contribution in [1.82, 2.24) is 24.9 Å². The smallest absolute Gasteiger partial charge is 0.272 e. The molecule has 1 aliphatic carbocycles. The first-order chi connectivity index (χ1) is 16.4. The van der Waals surface area contributed by atoms with E-state index in [0.29, 0.717) is 24.3 Å². The second-order valence-electron chi connectivity index (χ2n) is 8.65. The summed E-state index contributed by atoms with van der Waals surface area (Å²) >= 11 is 0. The molecule has 0 bridgehead atoms. The van der Waals surface area contributed by atoms with E-state index in [4.69, 9.17) is 0 Å². The number of aryl methyl sites for hydroxylation is 2. The summed E-state index contributed by atoms with van der Waals surface area (Å²) in [4.78, 5) is 12.9. The summed E-state index contributed by atoms with van der Waals surface area (Å²) < 4.78 is 30.6. The summed E-state index contributed by atoms with van der Waals surface area (Å²) in [7, 11) is 0. The van der Waals surface area contributed by atoms with Gasteiger partial charge in [0.25, 0.3) is 5.91 Å². The Labute approximate surface area is 196 Å². The molecule has 2 aromatic carbocycles. The number of nitrogens with one attached hydrogen (secondary N) is 1. The van der Waals surface area contributed by atoms with E-state index in [1.807, 2.05) is 48.9 Å². The number of halogens is 2. The molecule has 0 fully saturated rings. The van der Waals surface area contributed by atoms with Crippen molar-refractivity contribution < 1.29 is 13.6 Å². The average molecular weight is 462 g/mol. The minimum absolute atomic E-state index is 0.251. The molecule has 2 heterocycles. The van der Waals surface area contributed by atoms with E-state index in [1.165, 1.54) is 6.07 Å². The van der Waals surface area contributed by atoms with Gasteiger partial charge in [-0.25, -0.2) is 18.1 Å². The molecule has 0 radical (unpaired) electrons. The van der Waals surface area contributed by atoms with Gasteiger partial charge in [0.15, 0.2) is 17.3 Å². The van der Waals surface area contributed by atoms with Crippen molar-refractivity contribution in [2.45, 2.75) is 39.5 Å². The molecule has 0 saturated carbocycles. The van der Waals surface area contributed by atoms with Gasteiger partial charge < -0.3 is 5.32 Å². The maximum Gasteiger partial charge on any atom is 0.272 e. The Morgan fingerprint density at radius 3 is 2.41 bits per heavy atom. The molecule has 1 amide bonds. The molecule has 4 aromatic rings. The molecule has 174 valence electrons. The van der Waals surface area contributed by atoms with Crippen LogP contribution in [-0.4, -0.2) is 32.0 Å². The van der Waals surface area contributed by atoms with Crippen molar-refractivity contribution in [2.24, 2.45) is 0 Å². The lowest BCUT2D eigenvalue weighted by Crippen LogP contribution is -2.27. The number of hydrogen-bond acceptors (Lipinski definition) is 3. The normalized spacial score (nSPS) is 12.7. The van der Waals surface area contributed by atoms with Gasteiger partial charge in [0.05, 0.1) is 17.1 Å². The van der Waals surface area contributed by atoms with Gasteiger partial charge in [0.2, 0.25) is 0 Å². The largest absolute Gasteiger partial charge is 0.350 e. The van der Waals surface area contributed by atoms with Gasteiger partial charge >= 0.3 is 0 Å². The first-order valence-corrected chi connectivity index (χ1v) is 11.4. The highest BCUT2D eigenvalue weighted by atomic mass is 19.2. The molecule has 0 saturated heterocycles. The SMILES string of the molecule is Cc1cc(C)n(-c2ccc(CCNC(=O)c3nn(-c4ccc(F)c(F)c4)c4c3CCC4)cc2)n1. The molecule has 0 unspecified atom stereocenters. The zero-order valence-corrected chi connectivity index (χ0v) is 19.1. The summed E-state index contributed by atoms with van der Waals surface area (Å²) in [6.07, 6.45) is 3.07. The van der Waals surface area contributed by atoms with E-state index in [9.17, 15) is 13.6 Å². The number of aromatic nitrogens is 4. The Hall–Kier alpha value is -3.81. The van der Waals surface area contributed by atoms with Crippen molar-refractivity contribution in [2.75, 3.05) is 6.54 Å². The van der Waals surface area contributed by atoms with E-state index >= 15 is 0 Å². The maximum atomic E-state index is 13.8. The number of fused-ring (bicyclic) bond motifs is 1. The van der Waals surface area contributed by atoms with Crippen LogP contribution >= 0.6 is 0 Å². The van der Waals surface area contributed by atoms with E-state index in [-0.39, 0.29) is 5.91 Å². The monoisotopic (exact) mass is 461 g/mol. The van der Waals surface area contributed by atoms with Crippen LogP contribution in [0.4, 0.5) is 8.78 Å². The molecule has 1 N–H and O–H groups in total. The lowest BCUT2D eigenvalue weighted by atomic mass is 10.1. The van der Waals surface area contributed by atoms with Gasteiger partial charge in [0.1, 0.15) is 0 Å². The lowest BCUT2D eigenvalue weighted by molar-refractivity contribution is 0.0948. The van der Waals surface area contributed by atoms with Crippen LogP contribution in [0.5, 0.6) is 0 Å². The van der Waals surface area contributed by atoms with Gasteiger partial charge in [-0.2, -0.15) is 10.2 Å². The molecule has 6 nitrogen and oxygen atoms in total. The summed E-state index contributed by atoms with van der Waals surface area (Å²) in [5.41, 5.74) is 6.69. The third-order valence-corrected chi connectivity index (χ3v) is 6.18. The van der Waals surface area contributed by atoms with E-state index in [2.05, 4.69) is 15.5 Å². The highest BCUT2D eigenvalue weighted by Crippen LogP contribution is 2.28. The van der Waals surface area contributed by atoms with E-state index < -0.39 is 11.6 Å². The van der Waals surface area contributed by atoms with Gasteiger partial charge in [-0.1, -0.05) is 12.1 Å². The Balaban J connectivity index is 1.26. The van der Waals surface area contributed by atoms with Crippen molar-refractivity contribution >= 4 is 5.91 Å². The number of hydrogen-bond donors (Lipinski definition) is 1. The molecular formula is C26H25F2N5O. The highest BCUT2D eigenvalue weighted by molar-refractivity contribution is 5.94. The van der Waals surface area contributed by atoms with Crippen molar-refractivity contribution in [3.63, 3.8) is 0 Å². The number of nitrogens with zero attached hydrogens (tertiary/aromatic N) is 4. The van der Waals surface area contributed by atoms with Gasteiger partial charge in [-0.15, -0.1) is 0 Å². The fraction of sp³-hybridized carbons (Fsp3) is 0.269. The standard InChI is InChI=1S/C26H25F2N5O/c1-16-14-17(2)32(30-16)19-8-6-18(7-9-19)12-13-29-26(34)25-21-4-3-5-24(21)33(31-25)20-10-11-22(27)23(28)15-20/h6-11,14-15H,3-5,12-13H2,1-2H3,(H,29,34). The molecular weight excluding hydrogens is 436 g/mol. The molecule has 0 aliphatic heterocycles. The first-order valence-electron chi connectivity index (χ1n) is 11.4. The zero-order valence-electron chi connectivity index (χ0n) is 19.1. The second-order valence-corrected chi connectivity index (χ2v) is 8.65. The number of amides is 1. The molecule has 0 spiro atoms. The highest BCUT2D eigenvalue weighted by Gasteiger charge is 2.27. The topological polar surface area (TPSA) is 64.7 Å². The predicted molar refractivity (Wildman–Crippen MR) is 125 cm³/mol. The van der Waals surface area contributed by atoms with Crippen molar-refractivity contribution in [3.05, 3.63) is 94.1 Å². The summed E-state index contributed by atoms with van der Waals surface area (Å²) in [5, 5.41) is 11.9. The van der Waals surface area contributed by atoms with Crippen LogP contribution in [0.2, 0.25) is 0 Å². The third kappa shape index (κ3) is 4.11. The quantitative estimate of drug-likeness (QED) is 0.463. The minimum Gasteiger partial charge on any atom is -0.350 e. The van der Waals surface area contributed by atoms with Crippen molar-refractivity contribution in [1.29, 1.82) is 0 Å². The predicted octanol–water partition coefficient (Wildman–Crippen LogP) is 4.41. The molecule has 8 heteroatoms. The number of carbonyl (C=O) groups is 1. The van der Waals surface area contributed by atoms with Crippen LogP contribution in [0.3, 0.4) is 0 Å². The third-order valence-electron chi connectivity index (χ3n) is 6.18. The van der Waals surface area contributed by atoms with Gasteiger partial charge in [0, 0.05) is 29.6 Å². The van der Waals surface area contributed by atoms with E-state index in [0.717, 1.165) is 65.3 Å². The fourth-order valence-corrected chi connectivity index (χ4v) is 4.55. The van der Waals surface area contributed by atoms with Crippen LogP contribution in [0.15, 0.2) is 48.5 Å². The average Bonchev–Trinajstić information content (AvgIpc) is 3.51. The molecule has 5 rings (SSSR count). The lowest BCUT2D eigenvalue weighted by Gasteiger charge is -2.08. The summed E-state index contributed by atoms with van der Waals surface area (Å²) in [5.74, 6) is -2.10. The van der Waals surface area contributed by atoms with Crippen molar-refractivity contribution in [3.8, 4) is 11.4 Å². The van der Waals surface area contributed by atoms with Crippen LogP contribution in [0.25, 0.3) is 11.4 Å². The Bertz CT molecular complexity index is 1370. The first kappa shape index (κ1) is 22.0. The Kier molecular flexibility index (Phi) is 5.73. The van der Waals surface area contributed by atoms with Crippen LogP contribution in [0, 0.1) is 25.5 Å². The van der Waals surface area contributed by atoms with Gasteiger partial charge in [-0.05, 0) is 75.4 Å². The molecule has 34 heavy (non-hydrogen) atoms. The number of benzene rings is 2. The molecule has 2 aromatic heterocycles. The fourth-order valence-electron chi connectivity index (χ4n) is 4.55. The van der Waals surface area contributed by atoms with Gasteiger partial charge in [-0.3, -0.25) is 4.79 Å².